The maximum Gasteiger partial charge on any atom is 0.407 e. The number of alkyl carbamates (subject to hydrolysis) is 1. The van der Waals surface area contributed by atoms with E-state index in [9.17, 15) is 14.9 Å². The van der Waals surface area contributed by atoms with Gasteiger partial charge >= 0.3 is 11.8 Å². The number of aromatic nitrogens is 2. The van der Waals surface area contributed by atoms with Crippen LogP contribution >= 0.6 is 31.9 Å². The molecule has 2 N–H and O–H groups in total. The highest BCUT2D eigenvalue weighted by molar-refractivity contribution is 9.13. The molecule has 11 heteroatoms. The van der Waals surface area contributed by atoms with Crippen LogP contribution in [0.5, 0.6) is 0 Å². The molecule has 9 nitrogen and oxygen atoms in total. The van der Waals surface area contributed by atoms with Crippen molar-refractivity contribution in [3.63, 3.8) is 0 Å². The molecule has 0 aliphatic rings. The highest BCUT2D eigenvalue weighted by atomic mass is 79.9. The molecule has 1 aromatic carbocycles. The minimum absolute atomic E-state index is 0.0776. The lowest BCUT2D eigenvalue weighted by atomic mass is 10.2. The highest BCUT2D eigenvalue weighted by Crippen LogP contribution is 2.39. The van der Waals surface area contributed by atoms with Gasteiger partial charge in [-0.15, -0.1) is 0 Å². The SMILES string of the molecule is CCn1c(NCCCNC(=O)OC(C)(C)C)nc2c([N+](=O)[O-])c(Br)c(Br)cc21. The Labute approximate surface area is 179 Å². The van der Waals surface area contributed by atoms with E-state index in [-0.39, 0.29) is 5.69 Å². The first-order valence-electron chi connectivity index (χ1n) is 8.78. The van der Waals surface area contributed by atoms with Gasteiger partial charge in [0.25, 0.3) is 0 Å². The molecule has 1 amide bonds. The predicted molar refractivity (Wildman–Crippen MR) is 115 cm³/mol. The average molecular weight is 521 g/mol. The van der Waals surface area contributed by atoms with Crippen LogP contribution in [0, 0.1) is 10.1 Å². The van der Waals surface area contributed by atoms with Gasteiger partial charge in [-0.05, 0) is 72.0 Å². The van der Waals surface area contributed by atoms with Crippen LogP contribution in [0.15, 0.2) is 15.0 Å². The van der Waals surface area contributed by atoms with Gasteiger partial charge in [-0.1, -0.05) is 0 Å². The fourth-order valence-corrected chi connectivity index (χ4v) is 3.45. The number of hydrogen-bond acceptors (Lipinski definition) is 6. The standard InChI is InChI=1S/C17H23Br2N5O4/c1-5-23-11-9-10(18)12(19)14(24(26)27)13(11)22-15(23)20-7-6-8-21-16(25)28-17(2,3)4/h9H,5-8H2,1-4H3,(H,20,22)(H,21,25). The van der Waals surface area contributed by atoms with E-state index in [0.29, 0.717) is 52.0 Å². The van der Waals surface area contributed by atoms with Crippen molar-refractivity contribution in [2.45, 2.75) is 46.3 Å². The van der Waals surface area contributed by atoms with E-state index < -0.39 is 16.6 Å². The molecule has 28 heavy (non-hydrogen) atoms. The number of hydrogen-bond donors (Lipinski definition) is 2. The second-order valence-corrected chi connectivity index (χ2v) is 8.68. The molecular weight excluding hydrogens is 498 g/mol. The Morgan fingerprint density at radius 1 is 1.36 bits per heavy atom. The summed E-state index contributed by atoms with van der Waals surface area (Å²) in [6, 6.07) is 1.80. The number of nitrogens with zero attached hydrogens (tertiary/aromatic N) is 3. The van der Waals surface area contributed by atoms with Gasteiger partial charge in [0.1, 0.15) is 10.1 Å². The van der Waals surface area contributed by atoms with Gasteiger partial charge in [0.05, 0.1) is 10.4 Å². The molecule has 1 heterocycles. The van der Waals surface area contributed by atoms with Crippen molar-refractivity contribution in [1.82, 2.24) is 14.9 Å². The van der Waals surface area contributed by atoms with Crippen molar-refractivity contribution < 1.29 is 14.5 Å². The lowest BCUT2D eigenvalue weighted by molar-refractivity contribution is -0.384. The predicted octanol–water partition coefficient (Wildman–Crippen LogP) is 4.82. The molecule has 0 saturated carbocycles. The van der Waals surface area contributed by atoms with E-state index in [2.05, 4.69) is 47.5 Å². The zero-order valence-corrected chi connectivity index (χ0v) is 19.3. The number of nitro benzene ring substituents is 1. The third-order valence-electron chi connectivity index (χ3n) is 3.72. The molecule has 2 rings (SSSR count). The fourth-order valence-electron chi connectivity index (χ4n) is 2.60. The minimum Gasteiger partial charge on any atom is -0.444 e. The number of nitro groups is 1. The van der Waals surface area contributed by atoms with E-state index in [1.54, 1.807) is 26.8 Å². The summed E-state index contributed by atoms with van der Waals surface area (Å²) in [4.78, 5) is 27.1. The number of amides is 1. The van der Waals surface area contributed by atoms with Gasteiger partial charge in [0, 0.05) is 24.1 Å². The maximum atomic E-state index is 11.6. The zero-order chi connectivity index (χ0) is 21.1. The van der Waals surface area contributed by atoms with Crippen LogP contribution < -0.4 is 10.6 Å². The lowest BCUT2D eigenvalue weighted by Crippen LogP contribution is -2.33. The normalized spacial score (nSPS) is 11.5. The Kier molecular flexibility index (Phi) is 7.27. The van der Waals surface area contributed by atoms with Crippen molar-refractivity contribution in [3.05, 3.63) is 25.1 Å². The summed E-state index contributed by atoms with van der Waals surface area (Å²) < 4.78 is 8.01. The number of ether oxygens (including phenoxy) is 1. The molecule has 154 valence electrons. The summed E-state index contributed by atoms with van der Waals surface area (Å²) in [5.74, 6) is 0.544. The van der Waals surface area contributed by atoms with Gasteiger partial charge in [-0.25, -0.2) is 9.78 Å². The number of halogens is 2. The van der Waals surface area contributed by atoms with Crippen LogP contribution in [-0.4, -0.2) is 39.3 Å². The van der Waals surface area contributed by atoms with Gasteiger partial charge in [0.15, 0.2) is 5.52 Å². The molecule has 2 aromatic rings. The van der Waals surface area contributed by atoms with Gasteiger partial charge in [-0.2, -0.15) is 0 Å². The van der Waals surface area contributed by atoms with Crippen molar-refractivity contribution >= 4 is 60.6 Å². The first-order valence-corrected chi connectivity index (χ1v) is 10.4. The first kappa shape index (κ1) is 22.4. The fraction of sp³-hybridized carbons (Fsp3) is 0.529. The smallest absolute Gasteiger partial charge is 0.407 e. The maximum absolute atomic E-state index is 11.6. The molecule has 0 aliphatic heterocycles. The molecule has 1 aromatic heterocycles. The summed E-state index contributed by atoms with van der Waals surface area (Å²) in [7, 11) is 0. The third kappa shape index (κ3) is 5.34. The Bertz CT molecular complexity index is 892. The second-order valence-electron chi connectivity index (χ2n) is 7.03. The summed E-state index contributed by atoms with van der Waals surface area (Å²) in [5.41, 5.74) is 0.368. The van der Waals surface area contributed by atoms with E-state index in [1.807, 2.05) is 11.5 Å². The van der Waals surface area contributed by atoms with Crippen molar-refractivity contribution in [1.29, 1.82) is 0 Å². The molecule has 0 saturated heterocycles. The number of nitrogens with one attached hydrogen (secondary N) is 2. The molecule has 0 bridgehead atoms. The van der Waals surface area contributed by atoms with Crippen LogP contribution in [0.25, 0.3) is 11.0 Å². The Balaban J connectivity index is 2.08. The molecule has 0 atom stereocenters. The van der Waals surface area contributed by atoms with Crippen molar-refractivity contribution in [3.8, 4) is 0 Å². The zero-order valence-electron chi connectivity index (χ0n) is 16.1. The number of imidazole rings is 1. The number of rotatable bonds is 7. The minimum atomic E-state index is -0.536. The number of carbonyl (C=O) groups is 1. The summed E-state index contributed by atoms with van der Waals surface area (Å²) in [6.45, 7) is 8.93. The summed E-state index contributed by atoms with van der Waals surface area (Å²) in [6.07, 6.45) is 0.181. The average Bonchev–Trinajstić information content (AvgIpc) is 2.90. The van der Waals surface area contributed by atoms with Crippen LogP contribution in [-0.2, 0) is 11.3 Å². The van der Waals surface area contributed by atoms with E-state index in [4.69, 9.17) is 4.74 Å². The molecule has 0 spiro atoms. The largest absolute Gasteiger partial charge is 0.444 e. The monoisotopic (exact) mass is 519 g/mol. The molecule has 0 radical (unpaired) electrons. The topological polar surface area (TPSA) is 111 Å². The quantitative estimate of drug-likeness (QED) is 0.307. The molecule has 0 unspecified atom stereocenters. The first-order chi connectivity index (χ1) is 13.0. The van der Waals surface area contributed by atoms with Gasteiger partial charge in [0.2, 0.25) is 5.95 Å². The number of anilines is 1. The van der Waals surface area contributed by atoms with Crippen LogP contribution in [0.3, 0.4) is 0 Å². The van der Waals surface area contributed by atoms with E-state index >= 15 is 0 Å². The molecule has 0 aliphatic carbocycles. The second kappa shape index (κ2) is 9.08. The molecule has 0 fully saturated rings. The highest BCUT2D eigenvalue weighted by Gasteiger charge is 2.25. The number of carbonyl (C=O) groups excluding carboxylic acids is 1. The van der Waals surface area contributed by atoms with Crippen LogP contribution in [0.2, 0.25) is 0 Å². The number of aryl methyl sites for hydroxylation is 1. The van der Waals surface area contributed by atoms with Gasteiger partial charge in [-0.3, -0.25) is 10.1 Å². The summed E-state index contributed by atoms with van der Waals surface area (Å²) in [5, 5.41) is 17.4. The van der Waals surface area contributed by atoms with Crippen LogP contribution in [0.4, 0.5) is 16.4 Å². The van der Waals surface area contributed by atoms with E-state index in [1.165, 1.54) is 0 Å². The Morgan fingerprint density at radius 3 is 2.61 bits per heavy atom. The van der Waals surface area contributed by atoms with E-state index in [0.717, 1.165) is 0 Å². The van der Waals surface area contributed by atoms with Crippen molar-refractivity contribution in [2.24, 2.45) is 0 Å². The number of benzene rings is 1. The van der Waals surface area contributed by atoms with Gasteiger partial charge < -0.3 is 19.9 Å². The summed E-state index contributed by atoms with van der Waals surface area (Å²) >= 11 is 6.61. The number of fused-ring (bicyclic) bond motifs is 1. The van der Waals surface area contributed by atoms with Crippen molar-refractivity contribution in [2.75, 3.05) is 18.4 Å². The lowest BCUT2D eigenvalue weighted by Gasteiger charge is -2.19. The third-order valence-corrected chi connectivity index (χ3v) is 5.68. The Hall–Kier alpha value is -1.88. The molecular formula is C17H23Br2N5O4. The van der Waals surface area contributed by atoms with Crippen LogP contribution in [0.1, 0.15) is 34.1 Å². The Morgan fingerprint density at radius 2 is 2.04 bits per heavy atom.